The highest BCUT2D eigenvalue weighted by atomic mass is 32.1. The molecular weight excluding hydrogens is 434 g/mol. The van der Waals surface area contributed by atoms with Crippen LogP contribution in [-0.2, 0) is 27.2 Å². The molecule has 1 unspecified atom stereocenters. The lowest BCUT2D eigenvalue weighted by atomic mass is 10.00. The van der Waals surface area contributed by atoms with E-state index in [1.54, 1.807) is 0 Å². The van der Waals surface area contributed by atoms with Gasteiger partial charge in [0.05, 0.1) is 0 Å². The summed E-state index contributed by atoms with van der Waals surface area (Å²) >= 11 is 4.61. The summed E-state index contributed by atoms with van der Waals surface area (Å²) in [7, 11) is 1.53. The van der Waals surface area contributed by atoms with Gasteiger partial charge in [-0.2, -0.15) is 0 Å². The fraction of sp³-hybridized carbons (Fsp3) is 0.423. The van der Waals surface area contributed by atoms with Gasteiger partial charge in [-0.25, -0.2) is 0 Å². The Morgan fingerprint density at radius 2 is 1.52 bits per heavy atom. The van der Waals surface area contributed by atoms with Gasteiger partial charge in [0.25, 0.3) is 5.91 Å². The molecule has 33 heavy (non-hydrogen) atoms. The van der Waals surface area contributed by atoms with Crippen LogP contribution < -0.4 is 16.0 Å². The first-order chi connectivity index (χ1) is 15.7. The lowest BCUT2D eigenvalue weighted by Gasteiger charge is -2.32. The van der Waals surface area contributed by atoms with Crippen LogP contribution in [0, 0.1) is 5.92 Å². The topological polar surface area (TPSA) is 87.3 Å². The molecule has 0 saturated carbocycles. The normalized spacial score (nSPS) is 13.6. The Kier molecular flexibility index (Phi) is 10.5. The second-order valence-corrected chi connectivity index (χ2v) is 9.44. The summed E-state index contributed by atoms with van der Waals surface area (Å²) in [4.78, 5) is 37.0. The summed E-state index contributed by atoms with van der Waals surface area (Å²) in [6.07, 6.45) is 2.39. The SMILES string of the molecule is CNC(=O)[C@H](Cc1ccccc1)NC(=O)C(S)(CC(C)C)NC(=O)CCCc1ccccc1. The molecule has 0 aliphatic carbocycles. The van der Waals surface area contributed by atoms with Gasteiger partial charge in [0, 0.05) is 19.9 Å². The summed E-state index contributed by atoms with van der Waals surface area (Å²) in [6, 6.07) is 18.6. The first kappa shape index (κ1) is 26.5. The molecule has 2 aromatic carbocycles. The monoisotopic (exact) mass is 469 g/mol. The van der Waals surface area contributed by atoms with E-state index in [0.29, 0.717) is 19.3 Å². The van der Waals surface area contributed by atoms with Crippen LogP contribution in [0.2, 0.25) is 0 Å². The van der Waals surface area contributed by atoms with Gasteiger partial charge in [-0.15, -0.1) is 12.6 Å². The smallest absolute Gasteiger partial charge is 0.256 e. The van der Waals surface area contributed by atoms with Gasteiger partial charge in [0.1, 0.15) is 6.04 Å². The lowest BCUT2D eigenvalue weighted by molar-refractivity contribution is -0.133. The third-order valence-corrected chi connectivity index (χ3v) is 5.79. The first-order valence-corrected chi connectivity index (χ1v) is 11.8. The van der Waals surface area contributed by atoms with Crippen LogP contribution in [0.25, 0.3) is 0 Å². The summed E-state index contributed by atoms with van der Waals surface area (Å²) < 4.78 is 0. The Balaban J connectivity index is 2.05. The molecule has 3 amide bonds. The molecule has 0 aliphatic heterocycles. The zero-order valence-electron chi connectivity index (χ0n) is 19.6. The maximum Gasteiger partial charge on any atom is 0.256 e. The van der Waals surface area contributed by atoms with Crippen molar-refractivity contribution in [2.24, 2.45) is 5.92 Å². The minimum atomic E-state index is -1.42. The second kappa shape index (κ2) is 13.0. The van der Waals surface area contributed by atoms with Gasteiger partial charge >= 0.3 is 0 Å². The van der Waals surface area contributed by atoms with E-state index in [1.807, 2.05) is 74.5 Å². The zero-order valence-corrected chi connectivity index (χ0v) is 20.5. The highest BCUT2D eigenvalue weighted by molar-refractivity contribution is 7.82. The number of benzene rings is 2. The number of rotatable bonds is 12. The Labute approximate surface area is 202 Å². The van der Waals surface area contributed by atoms with Crippen molar-refractivity contribution in [2.75, 3.05) is 7.05 Å². The standard InChI is InChI=1S/C26H35N3O3S/c1-19(2)18-26(33,29-23(30)16-10-15-20-11-6-4-7-12-20)25(32)28-22(24(31)27-3)17-21-13-8-5-9-14-21/h4-9,11-14,19,22,33H,10,15-18H2,1-3H3,(H,27,31)(H,28,32)(H,29,30)/t22-,26?/m0/s1. The summed E-state index contributed by atoms with van der Waals surface area (Å²) in [5.41, 5.74) is 2.08. The number of hydrogen-bond acceptors (Lipinski definition) is 4. The van der Waals surface area contributed by atoms with Gasteiger partial charge in [-0.05, 0) is 36.3 Å². The number of thiol groups is 1. The second-order valence-electron chi connectivity index (χ2n) is 8.68. The molecule has 2 rings (SSSR count). The van der Waals surface area contributed by atoms with Crippen LogP contribution >= 0.6 is 12.6 Å². The average molecular weight is 470 g/mol. The van der Waals surface area contributed by atoms with Crippen molar-refractivity contribution < 1.29 is 14.4 Å². The third kappa shape index (κ3) is 8.92. The van der Waals surface area contributed by atoms with Crippen LogP contribution in [0.15, 0.2) is 60.7 Å². The summed E-state index contributed by atoms with van der Waals surface area (Å²) in [5.74, 6) is -0.927. The number of amides is 3. The Morgan fingerprint density at radius 1 is 0.939 bits per heavy atom. The molecule has 7 heteroatoms. The molecule has 0 spiro atoms. The van der Waals surface area contributed by atoms with Crippen molar-refractivity contribution in [3.05, 3.63) is 71.8 Å². The molecule has 178 valence electrons. The highest BCUT2D eigenvalue weighted by Gasteiger charge is 2.38. The molecule has 0 bridgehead atoms. The number of likely N-dealkylation sites (N-methyl/N-ethyl adjacent to an activating group) is 1. The van der Waals surface area contributed by atoms with Crippen LogP contribution in [0.4, 0.5) is 0 Å². The van der Waals surface area contributed by atoms with E-state index >= 15 is 0 Å². The van der Waals surface area contributed by atoms with E-state index < -0.39 is 16.8 Å². The molecule has 2 aromatic rings. The van der Waals surface area contributed by atoms with E-state index in [1.165, 1.54) is 7.05 Å². The van der Waals surface area contributed by atoms with Crippen LogP contribution in [0.3, 0.4) is 0 Å². The van der Waals surface area contributed by atoms with Crippen molar-refractivity contribution in [1.82, 2.24) is 16.0 Å². The van der Waals surface area contributed by atoms with E-state index in [0.717, 1.165) is 17.5 Å². The number of aryl methyl sites for hydroxylation is 1. The van der Waals surface area contributed by atoms with Crippen molar-refractivity contribution in [3.8, 4) is 0 Å². The molecular formula is C26H35N3O3S. The predicted octanol–water partition coefficient (Wildman–Crippen LogP) is 3.27. The Morgan fingerprint density at radius 3 is 2.06 bits per heavy atom. The molecule has 6 nitrogen and oxygen atoms in total. The zero-order chi connectivity index (χ0) is 24.3. The number of nitrogens with one attached hydrogen (secondary N) is 3. The van der Waals surface area contributed by atoms with E-state index in [-0.39, 0.29) is 24.2 Å². The van der Waals surface area contributed by atoms with Gasteiger partial charge in [-0.3, -0.25) is 14.4 Å². The Bertz CT molecular complexity index is 906. The molecule has 0 aliphatic rings. The van der Waals surface area contributed by atoms with Crippen LogP contribution in [0.5, 0.6) is 0 Å². The van der Waals surface area contributed by atoms with Crippen molar-refractivity contribution >= 4 is 30.4 Å². The number of carbonyl (C=O) groups excluding carboxylic acids is 3. The minimum absolute atomic E-state index is 0.102. The molecule has 0 heterocycles. The van der Waals surface area contributed by atoms with Crippen molar-refractivity contribution in [3.63, 3.8) is 0 Å². The molecule has 0 radical (unpaired) electrons. The molecule has 0 aromatic heterocycles. The van der Waals surface area contributed by atoms with Crippen molar-refractivity contribution in [2.45, 2.75) is 56.9 Å². The van der Waals surface area contributed by atoms with Crippen LogP contribution in [0.1, 0.15) is 44.2 Å². The van der Waals surface area contributed by atoms with Gasteiger partial charge in [0.2, 0.25) is 11.8 Å². The molecule has 3 N–H and O–H groups in total. The lowest BCUT2D eigenvalue weighted by Crippen LogP contribution is -2.59. The summed E-state index contributed by atoms with van der Waals surface area (Å²) in [5, 5.41) is 8.23. The average Bonchev–Trinajstić information content (AvgIpc) is 2.78. The van der Waals surface area contributed by atoms with Gasteiger partial charge in [-0.1, -0.05) is 74.5 Å². The molecule has 2 atom stereocenters. The molecule has 0 fully saturated rings. The molecule has 0 saturated heterocycles. The van der Waals surface area contributed by atoms with Crippen LogP contribution in [-0.4, -0.2) is 35.7 Å². The fourth-order valence-electron chi connectivity index (χ4n) is 3.69. The highest BCUT2D eigenvalue weighted by Crippen LogP contribution is 2.23. The Hall–Kier alpha value is -2.80. The summed E-state index contributed by atoms with van der Waals surface area (Å²) in [6.45, 7) is 3.92. The van der Waals surface area contributed by atoms with E-state index in [9.17, 15) is 14.4 Å². The van der Waals surface area contributed by atoms with Crippen molar-refractivity contribution in [1.29, 1.82) is 0 Å². The maximum atomic E-state index is 13.3. The predicted molar refractivity (Wildman–Crippen MR) is 135 cm³/mol. The van der Waals surface area contributed by atoms with Gasteiger partial charge < -0.3 is 16.0 Å². The van der Waals surface area contributed by atoms with E-state index in [2.05, 4.69) is 28.6 Å². The number of hydrogen-bond donors (Lipinski definition) is 4. The largest absolute Gasteiger partial charge is 0.357 e. The quantitative estimate of drug-likeness (QED) is 0.284. The third-order valence-electron chi connectivity index (χ3n) is 5.29. The maximum absolute atomic E-state index is 13.3. The fourth-order valence-corrected chi connectivity index (χ4v) is 4.25. The minimum Gasteiger partial charge on any atom is -0.357 e. The van der Waals surface area contributed by atoms with E-state index in [4.69, 9.17) is 0 Å². The van der Waals surface area contributed by atoms with Gasteiger partial charge in [0.15, 0.2) is 4.87 Å². The first-order valence-electron chi connectivity index (χ1n) is 11.4. The number of carbonyl (C=O) groups is 3.